The van der Waals surface area contributed by atoms with Crippen LogP contribution in [0.3, 0.4) is 0 Å². The number of fused-ring (bicyclic) bond motifs is 2. The van der Waals surface area contributed by atoms with Crippen LogP contribution in [0.1, 0.15) is 28.9 Å². The van der Waals surface area contributed by atoms with Gasteiger partial charge in [-0.3, -0.25) is 14.8 Å². The number of amides is 1. The maximum Gasteiger partial charge on any atom is 0.275 e. The summed E-state index contributed by atoms with van der Waals surface area (Å²) in [5.74, 6) is 0.0739. The van der Waals surface area contributed by atoms with Gasteiger partial charge in [0.25, 0.3) is 5.91 Å². The summed E-state index contributed by atoms with van der Waals surface area (Å²) in [5, 5.41) is 8.23. The monoisotopic (exact) mass is 360 g/mol. The molecule has 1 amide bonds. The predicted molar refractivity (Wildman–Crippen MR) is 106 cm³/mol. The van der Waals surface area contributed by atoms with Crippen molar-refractivity contribution in [2.24, 2.45) is 0 Å². The van der Waals surface area contributed by atoms with E-state index in [0.29, 0.717) is 17.8 Å². The van der Waals surface area contributed by atoms with E-state index >= 15 is 0 Å². The Labute approximate surface area is 159 Å². The van der Waals surface area contributed by atoms with Gasteiger partial charge in [-0.1, -0.05) is 48.5 Å². The Hall–Kier alpha value is -2.66. The van der Waals surface area contributed by atoms with Crippen molar-refractivity contribution in [3.8, 4) is 0 Å². The Bertz CT molecular complexity index is 951. The molecule has 1 N–H and O–H groups in total. The molecule has 0 unspecified atom stereocenters. The van der Waals surface area contributed by atoms with Crippen LogP contribution in [0.15, 0.2) is 54.6 Å². The minimum atomic E-state index is 0.0739. The fourth-order valence-electron chi connectivity index (χ4n) is 4.79. The fourth-order valence-corrected chi connectivity index (χ4v) is 4.79. The quantitative estimate of drug-likeness (QED) is 0.778. The van der Waals surface area contributed by atoms with Crippen LogP contribution in [-0.2, 0) is 6.42 Å². The van der Waals surface area contributed by atoms with Crippen LogP contribution in [0.4, 0.5) is 0 Å². The minimum Gasteiger partial charge on any atom is -0.333 e. The van der Waals surface area contributed by atoms with E-state index in [1.807, 2.05) is 24.3 Å². The first-order valence-electron chi connectivity index (χ1n) is 9.83. The second kappa shape index (κ2) is 6.82. The van der Waals surface area contributed by atoms with Gasteiger partial charge in [-0.25, -0.2) is 0 Å². The summed E-state index contributed by atoms with van der Waals surface area (Å²) in [4.78, 5) is 17.8. The number of carbonyl (C=O) groups excluding carboxylic acids is 1. The summed E-state index contributed by atoms with van der Waals surface area (Å²) in [7, 11) is 0. The summed E-state index contributed by atoms with van der Waals surface area (Å²) in [6.07, 6.45) is 3.20. The van der Waals surface area contributed by atoms with Gasteiger partial charge in [-0.15, -0.1) is 0 Å². The highest BCUT2D eigenvalue weighted by atomic mass is 16.2. The summed E-state index contributed by atoms with van der Waals surface area (Å²) in [5.41, 5.74) is 2.87. The molecule has 2 atom stereocenters. The van der Waals surface area contributed by atoms with Gasteiger partial charge in [0.1, 0.15) is 0 Å². The number of likely N-dealkylation sites (tertiary alicyclic amines) is 2. The molecule has 0 saturated carbocycles. The number of aromatic amines is 1. The van der Waals surface area contributed by atoms with E-state index in [4.69, 9.17) is 0 Å². The van der Waals surface area contributed by atoms with Gasteiger partial charge < -0.3 is 4.90 Å². The summed E-state index contributed by atoms with van der Waals surface area (Å²) >= 11 is 0. The lowest BCUT2D eigenvalue weighted by molar-refractivity contribution is 0.0728. The molecule has 5 rings (SSSR count). The predicted octanol–water partition coefficient (Wildman–Crippen LogP) is 3.09. The van der Waals surface area contributed by atoms with Crippen LogP contribution >= 0.6 is 0 Å². The van der Waals surface area contributed by atoms with Gasteiger partial charge in [-0.05, 0) is 30.9 Å². The zero-order valence-corrected chi connectivity index (χ0v) is 15.3. The molecule has 2 aliphatic heterocycles. The molecule has 0 aliphatic carbocycles. The van der Waals surface area contributed by atoms with Gasteiger partial charge in [0.05, 0.1) is 5.52 Å². The molecule has 0 radical (unpaired) electrons. The summed E-state index contributed by atoms with van der Waals surface area (Å²) in [6, 6.07) is 19.3. The molecular formula is C22H24N4O. The van der Waals surface area contributed by atoms with Gasteiger partial charge in [0.15, 0.2) is 5.69 Å². The molecular weight excluding hydrogens is 336 g/mol. The van der Waals surface area contributed by atoms with Crippen molar-refractivity contribution in [1.29, 1.82) is 0 Å². The lowest BCUT2D eigenvalue weighted by atomic mass is 10.1. The molecule has 5 heteroatoms. The van der Waals surface area contributed by atoms with E-state index in [9.17, 15) is 4.79 Å². The molecule has 138 valence electrons. The second-order valence-corrected chi connectivity index (χ2v) is 7.60. The largest absolute Gasteiger partial charge is 0.333 e. The Morgan fingerprint density at radius 2 is 1.78 bits per heavy atom. The van der Waals surface area contributed by atoms with Crippen molar-refractivity contribution in [1.82, 2.24) is 20.0 Å². The number of rotatable bonds is 4. The van der Waals surface area contributed by atoms with E-state index in [1.165, 1.54) is 5.56 Å². The topological polar surface area (TPSA) is 52.2 Å². The summed E-state index contributed by atoms with van der Waals surface area (Å²) in [6.45, 7) is 2.98. The van der Waals surface area contributed by atoms with Crippen molar-refractivity contribution >= 4 is 16.8 Å². The molecule has 2 aliphatic rings. The molecule has 27 heavy (non-hydrogen) atoms. The Morgan fingerprint density at radius 3 is 2.67 bits per heavy atom. The molecule has 0 spiro atoms. The maximum atomic E-state index is 13.2. The van der Waals surface area contributed by atoms with Crippen molar-refractivity contribution in [2.45, 2.75) is 31.3 Å². The third-order valence-electron chi connectivity index (χ3n) is 6.16. The number of aromatic nitrogens is 2. The Morgan fingerprint density at radius 1 is 1.00 bits per heavy atom. The molecule has 0 bridgehead atoms. The van der Waals surface area contributed by atoms with Crippen LogP contribution in [0.2, 0.25) is 0 Å². The summed E-state index contributed by atoms with van der Waals surface area (Å²) < 4.78 is 0. The standard InChI is InChI=1S/C22H24N4O/c27-22(21-17-8-4-5-9-18(17)23-24-21)26-15-12-19-20(26)11-14-25(19)13-10-16-6-2-1-3-7-16/h1-9,19-20H,10-15H2,(H,23,24)/t19-,20-/m0/s1. The van der Waals surface area contributed by atoms with Gasteiger partial charge >= 0.3 is 0 Å². The van der Waals surface area contributed by atoms with E-state index in [2.05, 4.69) is 50.3 Å². The average molecular weight is 360 g/mol. The lowest BCUT2D eigenvalue weighted by Crippen LogP contribution is -2.40. The molecule has 3 heterocycles. The second-order valence-electron chi connectivity index (χ2n) is 7.60. The molecule has 5 nitrogen and oxygen atoms in total. The van der Waals surface area contributed by atoms with Crippen molar-refractivity contribution in [3.63, 3.8) is 0 Å². The highest BCUT2D eigenvalue weighted by molar-refractivity contribution is 6.04. The first-order valence-corrected chi connectivity index (χ1v) is 9.83. The van der Waals surface area contributed by atoms with E-state index in [0.717, 1.165) is 49.8 Å². The van der Waals surface area contributed by atoms with Crippen LogP contribution in [0.25, 0.3) is 10.9 Å². The molecule has 3 aromatic rings. The van der Waals surface area contributed by atoms with Crippen LogP contribution < -0.4 is 0 Å². The Kier molecular flexibility index (Phi) is 4.17. The third-order valence-corrected chi connectivity index (χ3v) is 6.16. The van der Waals surface area contributed by atoms with Crippen molar-refractivity contribution < 1.29 is 4.79 Å². The number of para-hydroxylation sites is 1. The Balaban J connectivity index is 1.29. The lowest BCUT2D eigenvalue weighted by Gasteiger charge is -2.25. The average Bonchev–Trinajstić information content (AvgIpc) is 3.42. The van der Waals surface area contributed by atoms with Crippen molar-refractivity contribution in [2.75, 3.05) is 19.6 Å². The number of benzene rings is 2. The minimum absolute atomic E-state index is 0.0739. The molecule has 2 aromatic carbocycles. The number of nitrogens with zero attached hydrogens (tertiary/aromatic N) is 3. The highest BCUT2D eigenvalue weighted by Gasteiger charge is 2.44. The number of hydrogen-bond donors (Lipinski definition) is 1. The maximum absolute atomic E-state index is 13.2. The third kappa shape index (κ3) is 2.92. The highest BCUT2D eigenvalue weighted by Crippen LogP contribution is 2.33. The van der Waals surface area contributed by atoms with E-state index in [-0.39, 0.29) is 5.91 Å². The van der Waals surface area contributed by atoms with E-state index in [1.54, 1.807) is 0 Å². The fraction of sp³-hybridized carbons (Fsp3) is 0.364. The molecule has 2 fully saturated rings. The first-order chi connectivity index (χ1) is 13.3. The number of hydrogen-bond acceptors (Lipinski definition) is 3. The van der Waals surface area contributed by atoms with Gasteiger partial charge in [0, 0.05) is 37.1 Å². The molecule has 1 aromatic heterocycles. The number of H-pyrrole nitrogens is 1. The SMILES string of the molecule is O=C(c1n[nH]c2ccccc12)N1CC[C@H]2[C@@H]1CCN2CCc1ccccc1. The molecule has 2 saturated heterocycles. The van der Waals surface area contributed by atoms with Crippen molar-refractivity contribution in [3.05, 3.63) is 65.9 Å². The van der Waals surface area contributed by atoms with Crippen LogP contribution in [0.5, 0.6) is 0 Å². The zero-order valence-electron chi connectivity index (χ0n) is 15.3. The number of nitrogens with one attached hydrogen (secondary N) is 1. The normalized spacial score (nSPS) is 22.4. The first kappa shape index (κ1) is 16.5. The van der Waals surface area contributed by atoms with Crippen LogP contribution in [0, 0.1) is 0 Å². The smallest absolute Gasteiger partial charge is 0.275 e. The zero-order chi connectivity index (χ0) is 18.2. The number of carbonyl (C=O) groups is 1. The van der Waals surface area contributed by atoms with E-state index < -0.39 is 0 Å². The van der Waals surface area contributed by atoms with Gasteiger partial charge in [-0.2, -0.15) is 5.10 Å². The van der Waals surface area contributed by atoms with Gasteiger partial charge in [0.2, 0.25) is 0 Å². The van der Waals surface area contributed by atoms with Crippen LogP contribution in [-0.4, -0.2) is 57.6 Å².